The van der Waals surface area contributed by atoms with Gasteiger partial charge in [0.1, 0.15) is 11.2 Å². The van der Waals surface area contributed by atoms with E-state index in [4.69, 9.17) is 9.84 Å². The molecule has 0 aliphatic rings. The fourth-order valence-electron chi connectivity index (χ4n) is 1.37. The maximum absolute atomic E-state index is 11.6. The predicted octanol–water partition coefficient (Wildman–Crippen LogP) is -0.104. The first-order valence-corrected chi connectivity index (χ1v) is 6.84. The van der Waals surface area contributed by atoms with E-state index in [0.717, 1.165) is 18.2 Å². The molecule has 3 N–H and O–H groups in total. The number of thioether (sulfide) groups is 1. The van der Waals surface area contributed by atoms with E-state index in [0.29, 0.717) is 25.7 Å². The number of aromatic amines is 2. The largest absolute Gasteiger partial charge is 0.478 e. The summed E-state index contributed by atoms with van der Waals surface area (Å²) in [6, 6.07) is 0. The molecule has 1 aromatic rings. The molecule has 0 atom stereocenters. The molecule has 0 bridgehead atoms. The summed E-state index contributed by atoms with van der Waals surface area (Å²) in [4.78, 5) is 37.7. The van der Waals surface area contributed by atoms with Crippen LogP contribution in [0.1, 0.15) is 19.3 Å². The van der Waals surface area contributed by atoms with Gasteiger partial charge in [-0.05, 0) is 19.3 Å². The smallest absolute Gasteiger partial charge is 0.328 e. The molecular formula is C11H16N2O5S. The molecule has 1 rings (SSSR count). The van der Waals surface area contributed by atoms with Crippen molar-refractivity contribution in [2.24, 2.45) is 0 Å². The Morgan fingerprint density at radius 3 is 2.68 bits per heavy atom. The number of unbranched alkanes of at least 4 members (excludes halogenated alkanes) is 2. The van der Waals surface area contributed by atoms with Crippen LogP contribution in [0.2, 0.25) is 0 Å². The molecule has 0 fully saturated rings. The number of rotatable bonds is 9. The molecule has 0 saturated carbocycles. The van der Waals surface area contributed by atoms with E-state index in [-0.39, 0.29) is 23.1 Å². The first kappa shape index (κ1) is 15.5. The summed E-state index contributed by atoms with van der Waals surface area (Å²) in [7, 11) is 0. The van der Waals surface area contributed by atoms with E-state index in [1.54, 1.807) is 0 Å². The van der Waals surface area contributed by atoms with Crippen molar-refractivity contribution < 1.29 is 14.6 Å². The van der Waals surface area contributed by atoms with Gasteiger partial charge in [0, 0.05) is 6.61 Å². The first-order chi connectivity index (χ1) is 9.19. The van der Waals surface area contributed by atoms with Crippen LogP contribution in [0, 0.1) is 0 Å². The maximum Gasteiger partial charge on any atom is 0.328 e. The Bertz CT molecular complexity index is 511. The predicted molar refractivity (Wildman–Crippen MR) is 70.9 cm³/mol. The van der Waals surface area contributed by atoms with Gasteiger partial charge < -0.3 is 14.6 Å². The second-order valence-corrected chi connectivity index (χ2v) is 4.71. The van der Waals surface area contributed by atoms with Crippen molar-refractivity contribution in [2.75, 3.05) is 19.0 Å². The van der Waals surface area contributed by atoms with Crippen molar-refractivity contribution in [2.45, 2.75) is 24.2 Å². The van der Waals surface area contributed by atoms with Gasteiger partial charge in [0.25, 0.3) is 5.56 Å². The van der Waals surface area contributed by atoms with Gasteiger partial charge in [0.15, 0.2) is 0 Å². The zero-order chi connectivity index (χ0) is 14.1. The van der Waals surface area contributed by atoms with Crippen LogP contribution in [0.25, 0.3) is 0 Å². The Kier molecular flexibility index (Phi) is 6.98. The van der Waals surface area contributed by atoms with E-state index in [1.807, 2.05) is 0 Å². The van der Waals surface area contributed by atoms with Gasteiger partial charge >= 0.3 is 5.69 Å². The highest BCUT2D eigenvalue weighted by Gasteiger charge is 2.11. The lowest BCUT2D eigenvalue weighted by molar-refractivity contribution is -0.105. The Labute approximate surface area is 113 Å². The normalized spacial score (nSPS) is 10.4. The molecule has 0 unspecified atom stereocenters. The number of ether oxygens (including phenoxy) is 1. The van der Waals surface area contributed by atoms with Crippen molar-refractivity contribution in [3.05, 3.63) is 20.8 Å². The molecule has 1 heterocycles. The first-order valence-electron chi connectivity index (χ1n) is 5.85. The van der Waals surface area contributed by atoms with E-state index in [2.05, 4.69) is 9.97 Å². The van der Waals surface area contributed by atoms with Crippen molar-refractivity contribution in [3.8, 4) is 5.88 Å². The zero-order valence-corrected chi connectivity index (χ0v) is 11.1. The minimum atomic E-state index is -0.647. The van der Waals surface area contributed by atoms with Crippen molar-refractivity contribution in [3.63, 3.8) is 0 Å². The highest BCUT2D eigenvalue weighted by Crippen LogP contribution is 2.21. The van der Waals surface area contributed by atoms with Crippen LogP contribution < -0.4 is 16.0 Å². The highest BCUT2D eigenvalue weighted by molar-refractivity contribution is 8.00. The second-order valence-electron chi connectivity index (χ2n) is 3.68. The van der Waals surface area contributed by atoms with Gasteiger partial charge in [0.2, 0.25) is 5.88 Å². The highest BCUT2D eigenvalue weighted by atomic mass is 32.2. The molecule has 0 spiro atoms. The van der Waals surface area contributed by atoms with Gasteiger partial charge in [-0.25, -0.2) is 4.79 Å². The minimum absolute atomic E-state index is 0.0876. The summed E-state index contributed by atoms with van der Waals surface area (Å²) in [5, 5.41) is 8.63. The second kappa shape index (κ2) is 8.54. The molecule has 7 nitrogen and oxygen atoms in total. The third-order valence-electron chi connectivity index (χ3n) is 2.21. The number of carbonyl (C=O) groups is 1. The van der Waals surface area contributed by atoms with Gasteiger partial charge in [-0.1, -0.05) is 0 Å². The molecule has 0 aliphatic heterocycles. The number of hydrogen-bond donors (Lipinski definition) is 3. The van der Waals surface area contributed by atoms with E-state index in [9.17, 15) is 14.4 Å². The minimum Gasteiger partial charge on any atom is -0.478 e. The van der Waals surface area contributed by atoms with Crippen LogP contribution in [0.5, 0.6) is 5.88 Å². The molecule has 1 aromatic heterocycles. The van der Waals surface area contributed by atoms with Gasteiger partial charge in [0.05, 0.1) is 12.4 Å². The van der Waals surface area contributed by atoms with E-state index >= 15 is 0 Å². The maximum atomic E-state index is 11.6. The van der Waals surface area contributed by atoms with Crippen molar-refractivity contribution in [1.29, 1.82) is 0 Å². The molecular weight excluding hydrogens is 272 g/mol. The van der Waals surface area contributed by atoms with E-state index < -0.39 is 11.2 Å². The van der Waals surface area contributed by atoms with E-state index in [1.165, 1.54) is 0 Å². The molecule has 8 heteroatoms. The standard InChI is InChI=1S/C11H16N2O5S/c14-4-2-1-3-6-18-10-8(19-7-5-15)9(16)12-11(17)13-10/h5,14H,1-4,6-7H2,(H2,12,13,16,17). The average molecular weight is 288 g/mol. The lowest BCUT2D eigenvalue weighted by atomic mass is 10.2. The summed E-state index contributed by atoms with van der Waals surface area (Å²) in [5.41, 5.74) is -1.22. The van der Waals surface area contributed by atoms with Crippen LogP contribution in [0.4, 0.5) is 0 Å². The zero-order valence-electron chi connectivity index (χ0n) is 10.3. The molecule has 106 valence electrons. The summed E-state index contributed by atoms with van der Waals surface area (Å²) in [5.74, 6) is 0.195. The topological polar surface area (TPSA) is 112 Å². The number of aliphatic hydroxyl groups is 1. The summed E-state index contributed by atoms with van der Waals surface area (Å²) in [6.07, 6.45) is 2.84. The average Bonchev–Trinajstić information content (AvgIpc) is 2.37. The fraction of sp³-hybridized carbons (Fsp3) is 0.545. The van der Waals surface area contributed by atoms with Gasteiger partial charge in [-0.3, -0.25) is 14.8 Å². The fourth-order valence-corrected chi connectivity index (χ4v) is 2.03. The van der Waals surface area contributed by atoms with Crippen LogP contribution in [-0.4, -0.2) is 40.3 Å². The Balaban J connectivity index is 2.71. The Hall–Kier alpha value is -1.54. The van der Waals surface area contributed by atoms with Crippen LogP contribution in [-0.2, 0) is 4.79 Å². The lowest BCUT2D eigenvalue weighted by Crippen LogP contribution is -2.25. The van der Waals surface area contributed by atoms with Crippen LogP contribution in [0.3, 0.4) is 0 Å². The molecule has 19 heavy (non-hydrogen) atoms. The molecule has 0 radical (unpaired) electrons. The summed E-state index contributed by atoms with van der Waals surface area (Å²) < 4.78 is 5.35. The van der Waals surface area contributed by atoms with Gasteiger partial charge in [-0.15, -0.1) is 11.8 Å². The third-order valence-corrected chi connectivity index (χ3v) is 3.17. The summed E-state index contributed by atoms with van der Waals surface area (Å²) in [6.45, 7) is 0.455. The number of aliphatic hydroxyl groups excluding tert-OH is 1. The SMILES string of the molecule is O=CCSc1c(OCCCCCO)[nH]c(=O)[nH]c1=O. The number of nitrogens with one attached hydrogen (secondary N) is 2. The van der Waals surface area contributed by atoms with Crippen LogP contribution >= 0.6 is 11.8 Å². The molecule has 0 aliphatic carbocycles. The number of hydrogen-bond acceptors (Lipinski definition) is 6. The lowest BCUT2D eigenvalue weighted by Gasteiger charge is -2.08. The van der Waals surface area contributed by atoms with Crippen molar-refractivity contribution in [1.82, 2.24) is 9.97 Å². The molecule has 0 amide bonds. The molecule has 0 saturated heterocycles. The van der Waals surface area contributed by atoms with Crippen molar-refractivity contribution >= 4 is 18.0 Å². The quantitative estimate of drug-likeness (QED) is 0.332. The number of aromatic nitrogens is 2. The third kappa shape index (κ3) is 5.31. The monoisotopic (exact) mass is 288 g/mol. The Morgan fingerprint density at radius 1 is 1.21 bits per heavy atom. The van der Waals surface area contributed by atoms with Crippen LogP contribution in [0.15, 0.2) is 14.5 Å². The number of aldehydes is 1. The summed E-state index contributed by atoms with van der Waals surface area (Å²) >= 11 is 1.00. The Morgan fingerprint density at radius 2 is 2.00 bits per heavy atom. The number of carbonyl (C=O) groups excluding carboxylic acids is 1. The van der Waals surface area contributed by atoms with Gasteiger partial charge in [-0.2, -0.15) is 0 Å². The number of H-pyrrole nitrogens is 2. The molecule has 0 aromatic carbocycles.